The molecule has 0 heterocycles. The maximum Gasteiger partial charge on any atom is 0.0824 e. The van der Waals surface area contributed by atoms with Gasteiger partial charge in [-0.3, -0.25) is 0 Å². The van der Waals surface area contributed by atoms with Gasteiger partial charge in [0.05, 0.1) is 28.4 Å². The van der Waals surface area contributed by atoms with Gasteiger partial charge in [0.25, 0.3) is 0 Å². The smallest absolute Gasteiger partial charge is 0.0824 e. The Morgan fingerprint density at radius 3 is 1.56 bits per heavy atom. The predicted octanol–water partition coefficient (Wildman–Crippen LogP) is 1.50. The van der Waals surface area contributed by atoms with Crippen molar-refractivity contribution in [3.05, 3.63) is 5.56 Å². The van der Waals surface area contributed by atoms with Crippen molar-refractivity contribution in [3.63, 3.8) is 0 Å². The second-order valence-electron chi connectivity index (χ2n) is 4.17. The molecule has 0 aliphatic rings. The fraction of sp³-hybridized carbons (Fsp3) is 0.455. The van der Waals surface area contributed by atoms with Crippen LogP contribution in [-0.4, -0.2) is 0 Å². The maximum atomic E-state index is 5.94. The minimum Gasteiger partial charge on any atom is -0.397 e. The van der Waals surface area contributed by atoms with E-state index in [1.165, 1.54) is 0 Å². The molecule has 1 rings (SSSR count). The average Bonchev–Trinajstić information content (AvgIpc) is 2.24. The van der Waals surface area contributed by atoms with Gasteiger partial charge in [0.2, 0.25) is 0 Å². The van der Waals surface area contributed by atoms with Crippen molar-refractivity contribution in [1.82, 2.24) is 0 Å². The van der Waals surface area contributed by atoms with Gasteiger partial charge in [-0.25, -0.2) is 0 Å². The molecular weight excluding hydrogens is 202 g/mol. The van der Waals surface area contributed by atoms with Crippen LogP contribution in [0.15, 0.2) is 0 Å². The number of hydrogen-bond donors (Lipinski definition) is 5. The van der Waals surface area contributed by atoms with E-state index in [-0.39, 0.29) is 11.6 Å². The summed E-state index contributed by atoms with van der Waals surface area (Å²) in [7, 11) is 0. The molecule has 0 aromatic heterocycles. The molecule has 0 fully saturated rings. The van der Waals surface area contributed by atoms with Crippen molar-refractivity contribution < 1.29 is 0 Å². The first-order valence-corrected chi connectivity index (χ1v) is 5.42. The second kappa shape index (κ2) is 4.38. The number of benzene rings is 1. The summed E-state index contributed by atoms with van der Waals surface area (Å²) in [5.41, 5.74) is 31.9. The summed E-state index contributed by atoms with van der Waals surface area (Å²) in [5, 5.41) is 0. The maximum absolute atomic E-state index is 5.94. The third-order valence-corrected chi connectivity index (χ3v) is 2.96. The normalized spacial score (nSPS) is 12.6. The molecule has 16 heavy (non-hydrogen) atoms. The highest BCUT2D eigenvalue weighted by Crippen LogP contribution is 2.42. The Labute approximate surface area is 96.0 Å². The lowest BCUT2D eigenvalue weighted by Crippen LogP contribution is -2.12. The summed E-state index contributed by atoms with van der Waals surface area (Å²) < 4.78 is 0. The van der Waals surface area contributed by atoms with Gasteiger partial charge in [0.15, 0.2) is 0 Å². The second-order valence-corrected chi connectivity index (χ2v) is 4.17. The van der Waals surface area contributed by atoms with Crippen LogP contribution in [0, 0.1) is 0 Å². The SMILES string of the molecule is CCCC(C)c1c(N)c(N)c(N)c(N)c1N. The van der Waals surface area contributed by atoms with E-state index in [1.807, 2.05) is 0 Å². The number of anilines is 5. The molecule has 1 atom stereocenters. The zero-order valence-electron chi connectivity index (χ0n) is 9.88. The van der Waals surface area contributed by atoms with E-state index in [2.05, 4.69) is 13.8 Å². The Morgan fingerprint density at radius 2 is 1.19 bits per heavy atom. The van der Waals surface area contributed by atoms with Crippen LogP contribution in [0.25, 0.3) is 0 Å². The number of hydrogen-bond acceptors (Lipinski definition) is 5. The molecule has 0 aliphatic heterocycles. The standard InChI is InChI=1S/C11H21N5/c1-3-4-5(2)6-7(12)9(14)11(16)10(15)8(6)13/h5H,3-4,12-16H2,1-2H3. The molecule has 0 bridgehead atoms. The van der Waals surface area contributed by atoms with Gasteiger partial charge in [-0.2, -0.15) is 0 Å². The molecule has 0 radical (unpaired) electrons. The number of nitrogen functional groups attached to an aromatic ring is 5. The van der Waals surface area contributed by atoms with Gasteiger partial charge >= 0.3 is 0 Å². The fourth-order valence-electron chi connectivity index (χ4n) is 1.98. The monoisotopic (exact) mass is 223 g/mol. The van der Waals surface area contributed by atoms with Crippen LogP contribution in [0.2, 0.25) is 0 Å². The predicted molar refractivity (Wildman–Crippen MR) is 71.8 cm³/mol. The lowest BCUT2D eigenvalue weighted by molar-refractivity contribution is 0.668. The molecule has 1 aromatic carbocycles. The molecule has 0 saturated heterocycles. The summed E-state index contributed by atoms with van der Waals surface area (Å²) in [6, 6.07) is 0. The molecule has 10 N–H and O–H groups in total. The van der Waals surface area contributed by atoms with E-state index in [0.29, 0.717) is 22.7 Å². The van der Waals surface area contributed by atoms with Crippen molar-refractivity contribution >= 4 is 28.4 Å². The van der Waals surface area contributed by atoms with Gasteiger partial charge < -0.3 is 28.7 Å². The molecule has 1 aromatic rings. The summed E-state index contributed by atoms with van der Waals surface area (Å²) >= 11 is 0. The van der Waals surface area contributed by atoms with Crippen LogP contribution in [0.1, 0.15) is 38.2 Å². The molecule has 0 spiro atoms. The van der Waals surface area contributed by atoms with Crippen molar-refractivity contribution in [2.45, 2.75) is 32.6 Å². The summed E-state index contributed by atoms with van der Waals surface area (Å²) in [6.07, 6.45) is 2.03. The van der Waals surface area contributed by atoms with Crippen LogP contribution >= 0.6 is 0 Å². The van der Waals surface area contributed by atoms with Crippen LogP contribution in [0.4, 0.5) is 28.4 Å². The molecule has 0 aliphatic carbocycles. The molecule has 1 unspecified atom stereocenters. The first-order chi connectivity index (χ1) is 7.41. The third kappa shape index (κ3) is 1.80. The Balaban J connectivity index is 3.39. The number of nitrogens with two attached hydrogens (primary N) is 5. The Bertz CT molecular complexity index is 371. The van der Waals surface area contributed by atoms with Crippen molar-refractivity contribution in [2.75, 3.05) is 28.7 Å². The number of rotatable bonds is 3. The Morgan fingerprint density at radius 1 is 0.812 bits per heavy atom. The minimum absolute atomic E-state index is 0.232. The molecule has 90 valence electrons. The van der Waals surface area contributed by atoms with Crippen molar-refractivity contribution in [1.29, 1.82) is 0 Å². The zero-order valence-corrected chi connectivity index (χ0v) is 9.88. The zero-order chi connectivity index (χ0) is 12.5. The summed E-state index contributed by atoms with van der Waals surface area (Å²) in [6.45, 7) is 4.16. The van der Waals surface area contributed by atoms with E-state index < -0.39 is 0 Å². The lowest BCUT2D eigenvalue weighted by Gasteiger charge is -2.21. The minimum atomic E-state index is 0.232. The van der Waals surface area contributed by atoms with Crippen LogP contribution in [0.5, 0.6) is 0 Å². The highest BCUT2D eigenvalue weighted by atomic mass is 14.8. The van der Waals surface area contributed by atoms with E-state index >= 15 is 0 Å². The van der Waals surface area contributed by atoms with Gasteiger partial charge in [0, 0.05) is 5.56 Å². The van der Waals surface area contributed by atoms with Gasteiger partial charge in [-0.05, 0) is 12.3 Å². The van der Waals surface area contributed by atoms with Gasteiger partial charge in [-0.1, -0.05) is 20.3 Å². The molecule has 5 nitrogen and oxygen atoms in total. The van der Waals surface area contributed by atoms with Crippen LogP contribution in [0.3, 0.4) is 0 Å². The fourth-order valence-corrected chi connectivity index (χ4v) is 1.98. The van der Waals surface area contributed by atoms with E-state index in [4.69, 9.17) is 28.7 Å². The summed E-state index contributed by atoms with van der Waals surface area (Å²) in [5.74, 6) is 0.232. The topological polar surface area (TPSA) is 130 Å². The van der Waals surface area contributed by atoms with E-state index in [0.717, 1.165) is 18.4 Å². The highest BCUT2D eigenvalue weighted by Gasteiger charge is 2.19. The van der Waals surface area contributed by atoms with Gasteiger partial charge in [-0.15, -0.1) is 0 Å². The quantitative estimate of drug-likeness (QED) is 0.496. The van der Waals surface area contributed by atoms with E-state index in [9.17, 15) is 0 Å². The van der Waals surface area contributed by atoms with Crippen LogP contribution < -0.4 is 28.7 Å². The van der Waals surface area contributed by atoms with Crippen molar-refractivity contribution in [2.24, 2.45) is 0 Å². The van der Waals surface area contributed by atoms with E-state index in [1.54, 1.807) is 0 Å². The lowest BCUT2D eigenvalue weighted by atomic mass is 9.91. The Kier molecular flexibility index (Phi) is 3.37. The highest BCUT2D eigenvalue weighted by molar-refractivity contribution is 5.96. The van der Waals surface area contributed by atoms with Gasteiger partial charge in [0.1, 0.15) is 0 Å². The largest absolute Gasteiger partial charge is 0.397 e. The molecular formula is C11H21N5. The molecule has 5 heteroatoms. The average molecular weight is 223 g/mol. The van der Waals surface area contributed by atoms with Crippen molar-refractivity contribution in [3.8, 4) is 0 Å². The third-order valence-electron chi connectivity index (χ3n) is 2.96. The first-order valence-electron chi connectivity index (χ1n) is 5.42. The molecule has 0 amide bonds. The first kappa shape index (κ1) is 12.3. The van der Waals surface area contributed by atoms with Crippen LogP contribution in [-0.2, 0) is 0 Å². The summed E-state index contributed by atoms with van der Waals surface area (Å²) in [4.78, 5) is 0. The Hall–Kier alpha value is -1.78. The molecule has 0 saturated carbocycles.